The molecule has 1 aliphatic heterocycles. The number of carboxylic acids is 1. The first-order valence-corrected chi connectivity index (χ1v) is 7.25. The average molecular weight is 265 g/mol. The van der Waals surface area contributed by atoms with Crippen LogP contribution in [0.1, 0.15) is 5.56 Å². The number of carboxylic acid groups (broad SMARTS) is 1. The summed E-state index contributed by atoms with van der Waals surface area (Å²) in [6.45, 7) is 1.63. The summed E-state index contributed by atoms with van der Waals surface area (Å²) in [5, 5.41) is 8.53. The molecule has 1 aliphatic rings. The average Bonchev–Trinajstić information content (AvgIpc) is 2.38. The van der Waals surface area contributed by atoms with Crippen molar-refractivity contribution in [3.63, 3.8) is 0 Å². The van der Waals surface area contributed by atoms with E-state index in [0.29, 0.717) is 0 Å². The third kappa shape index (κ3) is 3.43. The van der Waals surface area contributed by atoms with Crippen molar-refractivity contribution in [2.45, 2.75) is 0 Å². The molecule has 0 saturated carbocycles. The lowest BCUT2D eigenvalue weighted by atomic mass is 10.2. The Kier molecular flexibility index (Phi) is 4.15. The van der Waals surface area contributed by atoms with Crippen LogP contribution in [-0.2, 0) is 15.6 Å². The second kappa shape index (κ2) is 5.82. The molecule has 1 saturated heterocycles. The predicted octanol–water partition coefficient (Wildman–Crippen LogP) is 1.35. The summed E-state index contributed by atoms with van der Waals surface area (Å²) in [7, 11) is -0.665. The minimum atomic E-state index is -0.947. The minimum Gasteiger partial charge on any atom is -0.478 e. The molecule has 0 bridgehead atoms. The maximum absolute atomic E-state index is 11.3. The number of carbonyl (C=O) groups is 1. The van der Waals surface area contributed by atoms with Gasteiger partial charge in [-0.3, -0.25) is 4.21 Å². The molecule has 4 nitrogen and oxygen atoms in total. The third-order valence-corrected chi connectivity index (χ3v) is 4.13. The molecule has 1 fully saturated rings. The van der Waals surface area contributed by atoms with Crippen LogP contribution < -0.4 is 4.90 Å². The predicted molar refractivity (Wildman–Crippen MR) is 73.2 cm³/mol. The van der Waals surface area contributed by atoms with E-state index in [1.165, 1.54) is 0 Å². The maximum atomic E-state index is 11.3. The Balaban J connectivity index is 2.03. The summed E-state index contributed by atoms with van der Waals surface area (Å²) < 4.78 is 11.3. The Bertz CT molecular complexity index is 472. The van der Waals surface area contributed by atoms with Gasteiger partial charge in [0.05, 0.1) is 0 Å². The highest BCUT2D eigenvalue weighted by Gasteiger charge is 2.14. The molecule has 0 amide bonds. The molecule has 1 aromatic rings. The van der Waals surface area contributed by atoms with E-state index in [0.717, 1.165) is 41.9 Å². The van der Waals surface area contributed by atoms with E-state index in [4.69, 9.17) is 5.11 Å². The van der Waals surface area contributed by atoms with Crippen molar-refractivity contribution in [3.8, 4) is 0 Å². The monoisotopic (exact) mass is 265 g/mol. The molecule has 0 aliphatic carbocycles. The first-order valence-electron chi connectivity index (χ1n) is 5.76. The summed E-state index contributed by atoms with van der Waals surface area (Å²) in [5.41, 5.74) is 1.96. The molecule has 1 aromatic carbocycles. The zero-order valence-electron chi connectivity index (χ0n) is 9.91. The Hall–Kier alpha value is -1.62. The molecule has 2 rings (SSSR count). The van der Waals surface area contributed by atoms with Gasteiger partial charge in [0.1, 0.15) is 0 Å². The van der Waals surface area contributed by atoms with Gasteiger partial charge in [-0.05, 0) is 23.8 Å². The van der Waals surface area contributed by atoms with Crippen molar-refractivity contribution in [1.82, 2.24) is 0 Å². The van der Waals surface area contributed by atoms with Crippen LogP contribution in [0.3, 0.4) is 0 Å². The van der Waals surface area contributed by atoms with E-state index in [-0.39, 0.29) is 0 Å². The Morgan fingerprint density at radius 1 is 1.22 bits per heavy atom. The molecule has 5 heteroatoms. The van der Waals surface area contributed by atoms with Crippen LogP contribution in [0.25, 0.3) is 6.08 Å². The number of nitrogens with zero attached hydrogens (tertiary/aromatic N) is 1. The normalized spacial score (nSPS) is 17.2. The fraction of sp³-hybridized carbons (Fsp3) is 0.308. The van der Waals surface area contributed by atoms with E-state index < -0.39 is 16.8 Å². The maximum Gasteiger partial charge on any atom is 0.328 e. The first-order chi connectivity index (χ1) is 8.65. The summed E-state index contributed by atoms with van der Waals surface area (Å²) in [6.07, 6.45) is 2.69. The van der Waals surface area contributed by atoms with Crippen LogP contribution in [0, 0.1) is 0 Å². The van der Waals surface area contributed by atoms with Gasteiger partial charge in [-0.1, -0.05) is 12.1 Å². The van der Waals surface area contributed by atoms with Gasteiger partial charge in [0.25, 0.3) is 0 Å². The SMILES string of the molecule is O=C(O)/C=C/c1ccc(N2CCS(=O)CC2)cc1. The fourth-order valence-corrected chi connectivity index (χ4v) is 2.91. The van der Waals surface area contributed by atoms with Crippen molar-refractivity contribution in [1.29, 1.82) is 0 Å². The number of hydrogen-bond acceptors (Lipinski definition) is 3. The summed E-state index contributed by atoms with van der Waals surface area (Å²) in [4.78, 5) is 12.6. The highest BCUT2D eigenvalue weighted by Crippen LogP contribution is 2.17. The van der Waals surface area contributed by atoms with Gasteiger partial charge in [-0.2, -0.15) is 0 Å². The van der Waals surface area contributed by atoms with Crippen molar-refractivity contribution >= 4 is 28.5 Å². The lowest BCUT2D eigenvalue weighted by Gasteiger charge is -2.28. The zero-order valence-corrected chi connectivity index (χ0v) is 10.7. The largest absolute Gasteiger partial charge is 0.478 e. The topological polar surface area (TPSA) is 57.6 Å². The zero-order chi connectivity index (χ0) is 13.0. The van der Waals surface area contributed by atoms with Gasteiger partial charge in [-0.15, -0.1) is 0 Å². The van der Waals surface area contributed by atoms with Crippen molar-refractivity contribution in [2.24, 2.45) is 0 Å². The van der Waals surface area contributed by atoms with E-state index >= 15 is 0 Å². The summed E-state index contributed by atoms with van der Waals surface area (Å²) in [5.74, 6) is 0.499. The standard InChI is InChI=1S/C13H15NO3S/c15-13(16)6-3-11-1-4-12(5-2-11)14-7-9-18(17)10-8-14/h1-6H,7-10H2,(H,15,16)/b6-3+. The highest BCUT2D eigenvalue weighted by atomic mass is 32.2. The molecule has 96 valence electrons. The third-order valence-electron chi connectivity index (χ3n) is 2.85. The van der Waals surface area contributed by atoms with Gasteiger partial charge >= 0.3 is 5.97 Å². The van der Waals surface area contributed by atoms with Crippen LogP contribution in [0.4, 0.5) is 5.69 Å². The molecule has 1 N–H and O–H groups in total. The second-order valence-corrected chi connectivity index (χ2v) is 5.79. The Morgan fingerprint density at radius 3 is 2.39 bits per heavy atom. The van der Waals surface area contributed by atoms with Gasteiger partial charge in [0, 0.05) is 47.2 Å². The lowest BCUT2D eigenvalue weighted by molar-refractivity contribution is -0.131. The van der Waals surface area contributed by atoms with Crippen LogP contribution in [-0.4, -0.2) is 39.9 Å². The quantitative estimate of drug-likeness (QED) is 0.838. The van der Waals surface area contributed by atoms with Gasteiger partial charge in [-0.25, -0.2) is 4.79 Å². The minimum absolute atomic E-state index is 0.665. The lowest BCUT2D eigenvalue weighted by Crippen LogP contribution is -2.37. The smallest absolute Gasteiger partial charge is 0.328 e. The molecular weight excluding hydrogens is 250 g/mol. The molecular formula is C13H15NO3S. The summed E-state index contributed by atoms with van der Waals surface area (Å²) >= 11 is 0. The molecule has 0 unspecified atom stereocenters. The molecule has 0 atom stereocenters. The van der Waals surface area contributed by atoms with Crippen LogP contribution in [0.15, 0.2) is 30.3 Å². The van der Waals surface area contributed by atoms with Crippen molar-refractivity contribution in [2.75, 3.05) is 29.5 Å². The van der Waals surface area contributed by atoms with Crippen LogP contribution >= 0.6 is 0 Å². The Labute approximate surface area is 108 Å². The summed E-state index contributed by atoms with van der Waals surface area (Å²) in [6, 6.07) is 7.71. The van der Waals surface area contributed by atoms with E-state index in [1.54, 1.807) is 6.08 Å². The van der Waals surface area contributed by atoms with Gasteiger partial charge in [0.15, 0.2) is 0 Å². The van der Waals surface area contributed by atoms with E-state index in [9.17, 15) is 9.00 Å². The number of benzene rings is 1. The molecule has 18 heavy (non-hydrogen) atoms. The van der Waals surface area contributed by atoms with Gasteiger partial charge < -0.3 is 10.0 Å². The van der Waals surface area contributed by atoms with Crippen molar-refractivity contribution < 1.29 is 14.1 Å². The van der Waals surface area contributed by atoms with Crippen molar-refractivity contribution in [3.05, 3.63) is 35.9 Å². The number of rotatable bonds is 3. The number of anilines is 1. The first kappa shape index (κ1) is 12.8. The van der Waals surface area contributed by atoms with Gasteiger partial charge in [0.2, 0.25) is 0 Å². The molecule has 1 heterocycles. The van der Waals surface area contributed by atoms with E-state index in [1.807, 2.05) is 24.3 Å². The number of hydrogen-bond donors (Lipinski definition) is 1. The molecule has 0 aromatic heterocycles. The van der Waals surface area contributed by atoms with E-state index in [2.05, 4.69) is 4.90 Å². The van der Waals surface area contributed by atoms with Crippen LogP contribution in [0.5, 0.6) is 0 Å². The molecule has 0 spiro atoms. The second-order valence-electron chi connectivity index (χ2n) is 4.10. The van der Waals surface area contributed by atoms with Crippen LogP contribution in [0.2, 0.25) is 0 Å². The number of aliphatic carboxylic acids is 1. The highest BCUT2D eigenvalue weighted by molar-refractivity contribution is 7.85. The Morgan fingerprint density at radius 2 is 1.83 bits per heavy atom. The fourth-order valence-electron chi connectivity index (χ4n) is 1.86. The molecule has 0 radical (unpaired) electrons.